The van der Waals surface area contributed by atoms with Crippen LogP contribution in [0.5, 0.6) is 0 Å². The van der Waals surface area contributed by atoms with Crippen molar-refractivity contribution in [3.05, 3.63) is 53.6 Å². The zero-order chi connectivity index (χ0) is 17.8. The quantitative estimate of drug-likeness (QED) is 0.625. The second kappa shape index (κ2) is 7.49. The van der Waals surface area contributed by atoms with Crippen LogP contribution in [0, 0.1) is 0 Å². The van der Waals surface area contributed by atoms with Crippen LogP contribution in [0.15, 0.2) is 42.5 Å². The van der Waals surface area contributed by atoms with E-state index in [1.165, 1.54) is 16.7 Å². The summed E-state index contributed by atoms with van der Waals surface area (Å²) in [6, 6.07) is 13.9. The minimum atomic E-state index is -0.693. The second-order valence-electron chi connectivity index (χ2n) is 6.27. The Morgan fingerprint density at radius 3 is 2.64 bits per heavy atom. The van der Waals surface area contributed by atoms with E-state index in [1.54, 1.807) is 0 Å². The second-order valence-corrected chi connectivity index (χ2v) is 6.27. The Morgan fingerprint density at radius 1 is 1.08 bits per heavy atom. The van der Waals surface area contributed by atoms with Gasteiger partial charge in [-0.2, -0.15) is 0 Å². The van der Waals surface area contributed by atoms with Crippen LogP contribution in [0.1, 0.15) is 30.9 Å². The number of aliphatic hydroxyl groups excluding tert-OH is 1. The molecule has 1 aliphatic carbocycles. The van der Waals surface area contributed by atoms with E-state index in [1.807, 2.05) is 37.3 Å². The number of hydrogen-bond donors (Lipinski definition) is 3. The lowest BCUT2D eigenvalue weighted by molar-refractivity contribution is -0.136. The fourth-order valence-corrected chi connectivity index (χ4v) is 3.05. The molecule has 0 bridgehead atoms. The van der Waals surface area contributed by atoms with E-state index in [9.17, 15) is 14.7 Å². The van der Waals surface area contributed by atoms with Gasteiger partial charge in [0.25, 0.3) is 0 Å². The number of benzene rings is 2. The maximum absolute atomic E-state index is 12.0. The number of fused-ring (bicyclic) bond motifs is 3. The zero-order valence-corrected chi connectivity index (χ0v) is 14.2. The summed E-state index contributed by atoms with van der Waals surface area (Å²) in [7, 11) is 0. The smallest absolute Gasteiger partial charge is 0.313 e. The molecule has 25 heavy (non-hydrogen) atoms. The highest BCUT2D eigenvalue weighted by atomic mass is 16.3. The summed E-state index contributed by atoms with van der Waals surface area (Å²) in [5.74, 6) is -1.38. The molecule has 3 rings (SSSR count). The Balaban J connectivity index is 1.60. The number of anilines is 1. The first kappa shape index (κ1) is 17.2. The standard InChI is InChI=1S/C20H22N2O3/c1-2-16(23)9-10-21-19(24)20(25)22-15-7-8-18-14(12-15)11-13-5-3-4-6-17(13)18/h3-8,12,16,23H,2,9-11H2,1H3,(H,21,24)(H,22,25). The molecule has 0 saturated carbocycles. The highest BCUT2D eigenvalue weighted by Crippen LogP contribution is 2.37. The van der Waals surface area contributed by atoms with E-state index in [2.05, 4.69) is 22.8 Å². The van der Waals surface area contributed by atoms with Crippen LogP contribution < -0.4 is 10.6 Å². The molecule has 2 aromatic rings. The summed E-state index contributed by atoms with van der Waals surface area (Å²) in [6.45, 7) is 2.14. The van der Waals surface area contributed by atoms with Gasteiger partial charge >= 0.3 is 11.8 Å². The summed E-state index contributed by atoms with van der Waals surface area (Å²) < 4.78 is 0. The van der Waals surface area contributed by atoms with Crippen LogP contribution in [0.4, 0.5) is 5.69 Å². The Labute approximate surface area is 147 Å². The van der Waals surface area contributed by atoms with E-state index < -0.39 is 17.9 Å². The van der Waals surface area contributed by atoms with E-state index >= 15 is 0 Å². The van der Waals surface area contributed by atoms with Crippen molar-refractivity contribution in [2.24, 2.45) is 0 Å². The van der Waals surface area contributed by atoms with E-state index in [4.69, 9.17) is 0 Å². The van der Waals surface area contributed by atoms with Gasteiger partial charge in [0.05, 0.1) is 6.10 Å². The van der Waals surface area contributed by atoms with E-state index in [0.717, 1.165) is 12.0 Å². The van der Waals surface area contributed by atoms with Crippen LogP contribution in [-0.2, 0) is 16.0 Å². The van der Waals surface area contributed by atoms with Crippen molar-refractivity contribution in [2.75, 3.05) is 11.9 Å². The first-order valence-electron chi connectivity index (χ1n) is 8.57. The fraction of sp³-hybridized carbons (Fsp3) is 0.300. The van der Waals surface area contributed by atoms with Gasteiger partial charge in [-0.15, -0.1) is 0 Å². The fourth-order valence-electron chi connectivity index (χ4n) is 3.05. The first-order chi connectivity index (χ1) is 12.1. The van der Waals surface area contributed by atoms with Crippen molar-refractivity contribution in [1.82, 2.24) is 5.32 Å². The molecule has 0 fully saturated rings. The molecular formula is C20H22N2O3. The molecule has 1 aliphatic rings. The molecule has 2 aromatic carbocycles. The van der Waals surface area contributed by atoms with Crippen LogP contribution in [0.3, 0.4) is 0 Å². The lowest BCUT2D eigenvalue weighted by Gasteiger charge is -2.10. The molecule has 0 radical (unpaired) electrons. The number of carbonyl (C=O) groups excluding carboxylic acids is 2. The Morgan fingerprint density at radius 2 is 1.84 bits per heavy atom. The number of carbonyl (C=O) groups is 2. The monoisotopic (exact) mass is 338 g/mol. The third-order valence-corrected chi connectivity index (χ3v) is 4.49. The number of aliphatic hydroxyl groups is 1. The molecular weight excluding hydrogens is 316 g/mol. The summed E-state index contributed by atoms with van der Waals surface area (Å²) in [4.78, 5) is 23.8. The predicted octanol–water partition coefficient (Wildman–Crippen LogP) is 2.47. The molecule has 0 heterocycles. The van der Waals surface area contributed by atoms with Crippen molar-refractivity contribution < 1.29 is 14.7 Å². The molecule has 5 heteroatoms. The number of rotatable bonds is 5. The third-order valence-electron chi connectivity index (χ3n) is 4.49. The average Bonchev–Trinajstić information content (AvgIpc) is 2.99. The SMILES string of the molecule is CCC(O)CCNC(=O)C(=O)Nc1ccc2c(c1)Cc1ccccc1-2. The summed E-state index contributed by atoms with van der Waals surface area (Å²) in [5.41, 5.74) is 5.42. The molecule has 130 valence electrons. The first-order valence-corrected chi connectivity index (χ1v) is 8.57. The predicted molar refractivity (Wildman–Crippen MR) is 97.2 cm³/mol. The molecule has 0 saturated heterocycles. The molecule has 5 nitrogen and oxygen atoms in total. The number of nitrogens with one attached hydrogen (secondary N) is 2. The zero-order valence-electron chi connectivity index (χ0n) is 14.2. The lowest BCUT2D eigenvalue weighted by Crippen LogP contribution is -2.36. The largest absolute Gasteiger partial charge is 0.393 e. The van der Waals surface area contributed by atoms with Gasteiger partial charge < -0.3 is 15.7 Å². The van der Waals surface area contributed by atoms with Crippen molar-refractivity contribution in [3.63, 3.8) is 0 Å². The summed E-state index contributed by atoms with van der Waals surface area (Å²) in [6.07, 6.45) is 1.43. The van der Waals surface area contributed by atoms with Gasteiger partial charge in [0.15, 0.2) is 0 Å². The van der Waals surface area contributed by atoms with Gasteiger partial charge in [-0.3, -0.25) is 9.59 Å². The average molecular weight is 338 g/mol. The number of hydrogen-bond acceptors (Lipinski definition) is 3. The van der Waals surface area contributed by atoms with Gasteiger partial charge in [0.2, 0.25) is 0 Å². The molecule has 1 atom stereocenters. The Kier molecular flexibility index (Phi) is 5.14. The Bertz CT molecular complexity index is 801. The molecule has 3 N–H and O–H groups in total. The normalized spacial score (nSPS) is 12.9. The minimum Gasteiger partial charge on any atom is -0.393 e. The highest BCUT2D eigenvalue weighted by Gasteiger charge is 2.19. The van der Waals surface area contributed by atoms with Crippen molar-refractivity contribution in [1.29, 1.82) is 0 Å². The van der Waals surface area contributed by atoms with Gasteiger partial charge in [-0.1, -0.05) is 37.3 Å². The maximum Gasteiger partial charge on any atom is 0.313 e. The van der Waals surface area contributed by atoms with E-state index in [-0.39, 0.29) is 6.54 Å². The minimum absolute atomic E-state index is 0.279. The van der Waals surface area contributed by atoms with E-state index in [0.29, 0.717) is 18.5 Å². The van der Waals surface area contributed by atoms with Crippen molar-refractivity contribution in [2.45, 2.75) is 32.3 Å². The van der Waals surface area contributed by atoms with Gasteiger partial charge in [0.1, 0.15) is 0 Å². The summed E-state index contributed by atoms with van der Waals surface area (Å²) in [5, 5.41) is 14.6. The number of amides is 2. The van der Waals surface area contributed by atoms with Crippen LogP contribution in [0.2, 0.25) is 0 Å². The van der Waals surface area contributed by atoms with Gasteiger partial charge in [0, 0.05) is 12.2 Å². The molecule has 0 aliphatic heterocycles. The van der Waals surface area contributed by atoms with Crippen molar-refractivity contribution in [3.8, 4) is 11.1 Å². The Hall–Kier alpha value is -2.66. The van der Waals surface area contributed by atoms with Crippen molar-refractivity contribution >= 4 is 17.5 Å². The van der Waals surface area contributed by atoms with Crippen LogP contribution in [-0.4, -0.2) is 29.6 Å². The van der Waals surface area contributed by atoms with Gasteiger partial charge in [-0.25, -0.2) is 0 Å². The summed E-state index contributed by atoms with van der Waals surface area (Å²) >= 11 is 0. The van der Waals surface area contributed by atoms with Gasteiger partial charge in [-0.05, 0) is 53.6 Å². The molecule has 0 spiro atoms. The van der Waals surface area contributed by atoms with Crippen LogP contribution >= 0.6 is 0 Å². The molecule has 2 amide bonds. The molecule has 0 aromatic heterocycles. The lowest BCUT2D eigenvalue weighted by atomic mass is 10.1. The third kappa shape index (κ3) is 3.88. The van der Waals surface area contributed by atoms with Crippen LogP contribution in [0.25, 0.3) is 11.1 Å². The highest BCUT2D eigenvalue weighted by molar-refractivity contribution is 6.39. The maximum atomic E-state index is 12.0. The topological polar surface area (TPSA) is 78.4 Å². The molecule has 1 unspecified atom stereocenters.